The summed E-state index contributed by atoms with van der Waals surface area (Å²) in [7, 11) is 5.61. The number of aromatic nitrogens is 5. The smallest absolute Gasteiger partial charge is 0.274 e. The molecule has 23 heavy (non-hydrogen) atoms. The van der Waals surface area contributed by atoms with Crippen LogP contribution in [0, 0.1) is 0 Å². The normalized spacial score (nSPS) is 21.3. The number of hydrogen-bond acceptors (Lipinski definition) is 6. The van der Waals surface area contributed by atoms with Gasteiger partial charge in [0.05, 0.1) is 18.3 Å². The van der Waals surface area contributed by atoms with Crippen LogP contribution >= 0.6 is 0 Å². The van der Waals surface area contributed by atoms with Crippen LogP contribution in [0.4, 0.5) is 0 Å². The molecule has 0 radical (unpaired) electrons. The summed E-state index contributed by atoms with van der Waals surface area (Å²) in [5, 5.41) is 12.2. The van der Waals surface area contributed by atoms with Crippen molar-refractivity contribution in [2.75, 3.05) is 34.3 Å². The molecule has 3 rings (SSSR count). The van der Waals surface area contributed by atoms with Gasteiger partial charge < -0.3 is 14.5 Å². The van der Waals surface area contributed by atoms with Crippen LogP contribution in [0.25, 0.3) is 0 Å². The summed E-state index contributed by atoms with van der Waals surface area (Å²) in [6.45, 7) is 1.55. The van der Waals surface area contributed by atoms with Gasteiger partial charge >= 0.3 is 0 Å². The predicted molar refractivity (Wildman–Crippen MR) is 81.7 cm³/mol. The number of nitrogens with zero attached hydrogens (tertiary/aromatic N) is 7. The van der Waals surface area contributed by atoms with Gasteiger partial charge in [0, 0.05) is 32.6 Å². The lowest BCUT2D eigenvalue weighted by Gasteiger charge is -2.24. The minimum Gasteiger partial charge on any atom is -0.362 e. The molecular formula is C14H21N7O2. The van der Waals surface area contributed by atoms with Crippen molar-refractivity contribution < 1.29 is 9.53 Å². The van der Waals surface area contributed by atoms with Gasteiger partial charge in [0.2, 0.25) is 0 Å². The van der Waals surface area contributed by atoms with Gasteiger partial charge in [0.25, 0.3) is 5.91 Å². The maximum Gasteiger partial charge on any atom is 0.274 e. The molecule has 1 aliphatic heterocycles. The Morgan fingerprint density at radius 2 is 2.22 bits per heavy atom. The van der Waals surface area contributed by atoms with Gasteiger partial charge in [0.15, 0.2) is 0 Å². The highest BCUT2D eigenvalue weighted by Gasteiger charge is 2.38. The number of rotatable bonds is 5. The van der Waals surface area contributed by atoms with Gasteiger partial charge in [-0.05, 0) is 20.2 Å². The molecule has 1 saturated heterocycles. The van der Waals surface area contributed by atoms with E-state index in [0.29, 0.717) is 25.5 Å². The number of amides is 1. The van der Waals surface area contributed by atoms with Crippen molar-refractivity contribution in [3.63, 3.8) is 0 Å². The molecule has 9 nitrogen and oxygen atoms in total. The van der Waals surface area contributed by atoms with Gasteiger partial charge in [-0.1, -0.05) is 5.21 Å². The molecule has 0 spiro atoms. The molecule has 9 heteroatoms. The molecule has 2 aromatic heterocycles. The topological polar surface area (TPSA) is 81.3 Å². The Balaban J connectivity index is 1.76. The molecule has 1 amide bonds. The summed E-state index contributed by atoms with van der Waals surface area (Å²) in [6, 6.07) is 1.98. The highest BCUT2D eigenvalue weighted by atomic mass is 16.5. The van der Waals surface area contributed by atoms with Gasteiger partial charge in [-0.25, -0.2) is 9.36 Å². The van der Waals surface area contributed by atoms with Crippen molar-refractivity contribution in [1.29, 1.82) is 0 Å². The molecule has 1 fully saturated rings. The molecular weight excluding hydrogens is 298 g/mol. The summed E-state index contributed by atoms with van der Waals surface area (Å²) in [6.07, 6.45) is 5.23. The van der Waals surface area contributed by atoms with Crippen molar-refractivity contribution >= 4 is 5.91 Å². The van der Waals surface area contributed by atoms with Gasteiger partial charge in [-0.3, -0.25) is 4.79 Å². The second-order valence-electron chi connectivity index (χ2n) is 5.85. The average molecular weight is 319 g/mol. The van der Waals surface area contributed by atoms with Crippen molar-refractivity contribution in [3.8, 4) is 0 Å². The number of hydrogen-bond donors (Lipinski definition) is 0. The van der Waals surface area contributed by atoms with E-state index in [2.05, 4.69) is 20.3 Å². The number of likely N-dealkylation sites (tertiary alicyclic amines) is 1. The third-order valence-corrected chi connectivity index (χ3v) is 4.11. The van der Waals surface area contributed by atoms with Crippen LogP contribution in [0.1, 0.15) is 16.5 Å². The van der Waals surface area contributed by atoms with E-state index in [4.69, 9.17) is 4.74 Å². The second kappa shape index (κ2) is 6.47. The highest BCUT2D eigenvalue weighted by molar-refractivity contribution is 5.92. The Labute approximate surface area is 134 Å². The van der Waals surface area contributed by atoms with E-state index in [-0.39, 0.29) is 18.0 Å². The maximum atomic E-state index is 12.7. The van der Waals surface area contributed by atoms with E-state index in [9.17, 15) is 4.79 Å². The Hall–Kier alpha value is -2.26. The van der Waals surface area contributed by atoms with Crippen LogP contribution in [0.15, 0.2) is 24.7 Å². The largest absolute Gasteiger partial charge is 0.362 e. The van der Waals surface area contributed by atoms with E-state index in [1.807, 2.05) is 29.9 Å². The number of ether oxygens (including phenoxy) is 1. The first kappa shape index (κ1) is 15.6. The summed E-state index contributed by atoms with van der Waals surface area (Å²) in [5.41, 5.74) is 0.429. The van der Waals surface area contributed by atoms with Gasteiger partial charge in [0.1, 0.15) is 12.4 Å². The molecule has 0 aromatic carbocycles. The first-order chi connectivity index (χ1) is 11.1. The molecule has 0 N–H and O–H groups in total. The Morgan fingerprint density at radius 1 is 1.39 bits per heavy atom. The molecule has 0 aliphatic carbocycles. The van der Waals surface area contributed by atoms with Gasteiger partial charge in [-0.15, -0.1) is 5.10 Å². The van der Waals surface area contributed by atoms with Crippen molar-refractivity contribution in [3.05, 3.63) is 30.4 Å². The van der Waals surface area contributed by atoms with E-state index >= 15 is 0 Å². The van der Waals surface area contributed by atoms with Crippen molar-refractivity contribution in [2.45, 2.75) is 18.8 Å². The molecule has 2 aromatic rings. The summed E-state index contributed by atoms with van der Waals surface area (Å²) in [4.78, 5) is 16.6. The second-order valence-corrected chi connectivity index (χ2v) is 5.85. The van der Waals surface area contributed by atoms with Crippen molar-refractivity contribution in [2.24, 2.45) is 0 Å². The fourth-order valence-corrected chi connectivity index (χ4v) is 2.94. The van der Waals surface area contributed by atoms with Crippen LogP contribution in [0.2, 0.25) is 0 Å². The predicted octanol–water partition coefficient (Wildman–Crippen LogP) is -0.294. The molecule has 124 valence electrons. The van der Waals surface area contributed by atoms with Crippen LogP contribution in [-0.4, -0.2) is 80.8 Å². The lowest BCUT2D eigenvalue weighted by Crippen LogP contribution is -2.37. The summed E-state index contributed by atoms with van der Waals surface area (Å²) >= 11 is 0. The number of carbonyl (C=O) groups is 1. The zero-order valence-corrected chi connectivity index (χ0v) is 13.5. The minimum atomic E-state index is -0.0747. The third kappa shape index (κ3) is 3.10. The van der Waals surface area contributed by atoms with E-state index in [1.165, 1.54) is 0 Å². The first-order valence-corrected chi connectivity index (χ1v) is 7.44. The lowest BCUT2D eigenvalue weighted by molar-refractivity contribution is 0.0769. The maximum absolute atomic E-state index is 12.7. The van der Waals surface area contributed by atoms with Crippen LogP contribution in [0.5, 0.6) is 0 Å². The van der Waals surface area contributed by atoms with Gasteiger partial charge in [-0.2, -0.15) is 5.10 Å². The monoisotopic (exact) mass is 319 g/mol. The van der Waals surface area contributed by atoms with Crippen LogP contribution in [0.3, 0.4) is 0 Å². The molecule has 0 unspecified atom stereocenters. The van der Waals surface area contributed by atoms with E-state index in [1.54, 1.807) is 30.3 Å². The standard InChI is InChI=1S/C14H21N7O2/c1-18(2)12-8-19(9-13(12)21-7-5-15-17-21)14(22)11-4-6-20(16-11)10-23-3/h4-7,12-13H,8-10H2,1-3H3/t12-,13+/m1/s1. The fraction of sp³-hybridized carbons (Fsp3) is 0.571. The number of likely N-dealkylation sites (N-methyl/N-ethyl adjacent to an activating group) is 1. The Bertz CT molecular complexity index is 652. The average Bonchev–Trinajstić information content (AvgIpc) is 3.26. The third-order valence-electron chi connectivity index (χ3n) is 4.11. The molecule has 1 aliphatic rings. The molecule has 0 bridgehead atoms. The van der Waals surface area contributed by atoms with Crippen LogP contribution in [-0.2, 0) is 11.5 Å². The quantitative estimate of drug-likeness (QED) is 0.753. The summed E-state index contributed by atoms with van der Waals surface area (Å²) < 4.78 is 8.43. The van der Waals surface area contributed by atoms with E-state index < -0.39 is 0 Å². The Kier molecular flexibility index (Phi) is 4.39. The molecule has 2 atom stereocenters. The first-order valence-electron chi connectivity index (χ1n) is 7.44. The molecule has 3 heterocycles. The minimum absolute atomic E-state index is 0.0747. The van der Waals surface area contributed by atoms with E-state index in [0.717, 1.165) is 0 Å². The number of carbonyl (C=O) groups excluding carboxylic acids is 1. The fourth-order valence-electron chi connectivity index (χ4n) is 2.94. The number of methoxy groups -OCH3 is 1. The highest BCUT2D eigenvalue weighted by Crippen LogP contribution is 2.25. The zero-order chi connectivity index (χ0) is 16.4. The Morgan fingerprint density at radius 3 is 2.87 bits per heavy atom. The summed E-state index contributed by atoms with van der Waals surface area (Å²) in [5.74, 6) is -0.0747. The molecule has 0 saturated carbocycles. The SMILES string of the molecule is COCn1ccc(C(=O)N2C[C@@H](N(C)C)[C@@H](n3ccnn3)C2)n1. The van der Waals surface area contributed by atoms with Crippen LogP contribution < -0.4 is 0 Å². The lowest BCUT2D eigenvalue weighted by atomic mass is 10.1. The zero-order valence-electron chi connectivity index (χ0n) is 13.5. The van der Waals surface area contributed by atoms with Crippen molar-refractivity contribution in [1.82, 2.24) is 34.6 Å².